The molecular formula is C30H48N6O4. The molecule has 3 rings (SSSR count). The predicted molar refractivity (Wildman–Crippen MR) is 157 cm³/mol. The predicted octanol–water partition coefficient (Wildman–Crippen LogP) is 3.58. The molecule has 2 aliphatic rings. The van der Waals surface area contributed by atoms with Crippen LogP contribution in [0.4, 0.5) is 4.79 Å². The number of rotatable bonds is 9. The molecule has 2 fully saturated rings. The van der Waals surface area contributed by atoms with Gasteiger partial charge in [-0.15, -0.1) is 0 Å². The molecule has 0 radical (unpaired) electrons. The van der Waals surface area contributed by atoms with E-state index in [1.807, 2.05) is 50.8 Å². The molecule has 222 valence electrons. The number of amides is 2. The molecule has 2 heterocycles. The summed E-state index contributed by atoms with van der Waals surface area (Å²) in [5.74, 6) is 0.185. The molecule has 10 heteroatoms. The highest BCUT2D eigenvalue weighted by molar-refractivity contribution is 5.96. The monoisotopic (exact) mass is 556 g/mol. The lowest BCUT2D eigenvalue weighted by Crippen LogP contribution is -2.57. The van der Waals surface area contributed by atoms with Gasteiger partial charge in [-0.05, 0) is 44.1 Å². The van der Waals surface area contributed by atoms with Crippen molar-refractivity contribution in [3.8, 4) is 6.07 Å². The van der Waals surface area contributed by atoms with Gasteiger partial charge in [0, 0.05) is 32.7 Å². The summed E-state index contributed by atoms with van der Waals surface area (Å²) in [4.78, 5) is 34.8. The Balaban J connectivity index is 0.00000274. The first-order valence-electron chi connectivity index (χ1n) is 14.7. The average Bonchev–Trinajstić information content (AvgIpc) is 2.98. The van der Waals surface area contributed by atoms with E-state index in [2.05, 4.69) is 33.7 Å². The maximum absolute atomic E-state index is 13.6. The number of hydrogen-bond acceptors (Lipinski definition) is 7. The van der Waals surface area contributed by atoms with Crippen molar-refractivity contribution in [1.29, 1.82) is 5.26 Å². The zero-order chi connectivity index (χ0) is 29.4. The van der Waals surface area contributed by atoms with Crippen molar-refractivity contribution >= 4 is 18.0 Å². The quantitative estimate of drug-likeness (QED) is 0.352. The van der Waals surface area contributed by atoms with Gasteiger partial charge in [0.05, 0.1) is 25.9 Å². The summed E-state index contributed by atoms with van der Waals surface area (Å²) in [5, 5.41) is 15.9. The highest BCUT2D eigenvalue weighted by Gasteiger charge is 2.38. The summed E-state index contributed by atoms with van der Waals surface area (Å²) >= 11 is 0. The fourth-order valence-electron chi connectivity index (χ4n) is 4.71. The van der Waals surface area contributed by atoms with Gasteiger partial charge in [0.1, 0.15) is 11.6 Å². The number of guanidine groups is 1. The topological polar surface area (TPSA) is 119 Å². The normalized spacial score (nSPS) is 18.1. The second-order valence-electron chi connectivity index (χ2n) is 10.3. The first kappa shape index (κ1) is 33.0. The molecule has 0 saturated carbocycles. The molecule has 2 saturated heterocycles. The number of aliphatic imine (C=N–C) groups is 1. The minimum Gasteiger partial charge on any atom is -0.450 e. The molecule has 0 bridgehead atoms. The lowest BCUT2D eigenvalue weighted by Gasteiger charge is -2.38. The van der Waals surface area contributed by atoms with Gasteiger partial charge in [-0.2, -0.15) is 5.26 Å². The number of carbonyl (C=O) groups is 2. The van der Waals surface area contributed by atoms with E-state index >= 15 is 0 Å². The van der Waals surface area contributed by atoms with Crippen molar-refractivity contribution in [1.82, 2.24) is 20.4 Å². The van der Waals surface area contributed by atoms with Crippen molar-refractivity contribution < 1.29 is 19.1 Å². The van der Waals surface area contributed by atoms with Crippen LogP contribution in [0.15, 0.2) is 35.3 Å². The Morgan fingerprint density at radius 3 is 2.35 bits per heavy atom. The van der Waals surface area contributed by atoms with E-state index < -0.39 is 17.7 Å². The Bertz CT molecular complexity index is 964. The Morgan fingerprint density at radius 2 is 1.77 bits per heavy atom. The maximum Gasteiger partial charge on any atom is 0.413 e. The number of nitrogens with zero attached hydrogens (tertiary/aromatic N) is 4. The molecule has 0 spiro atoms. The van der Waals surface area contributed by atoms with E-state index in [1.54, 1.807) is 6.92 Å². The number of alkyl carbamates (subject to hydrolysis) is 1. The first-order valence-corrected chi connectivity index (χ1v) is 14.7. The van der Waals surface area contributed by atoms with E-state index in [0.717, 1.165) is 26.1 Å². The second kappa shape index (κ2) is 17.5. The van der Waals surface area contributed by atoms with Crippen LogP contribution in [0.3, 0.4) is 0 Å². The van der Waals surface area contributed by atoms with Gasteiger partial charge >= 0.3 is 6.09 Å². The van der Waals surface area contributed by atoms with Crippen LogP contribution >= 0.6 is 0 Å². The Hall–Kier alpha value is -3.16. The summed E-state index contributed by atoms with van der Waals surface area (Å²) < 4.78 is 10.5. The molecular weight excluding hydrogens is 508 g/mol. The highest BCUT2D eigenvalue weighted by atomic mass is 16.5. The number of likely N-dealkylation sites (tertiary alicyclic amines) is 1. The summed E-state index contributed by atoms with van der Waals surface area (Å²) in [6, 6.07) is 12.0. The summed E-state index contributed by atoms with van der Waals surface area (Å²) in [7, 11) is 0. The van der Waals surface area contributed by atoms with Crippen molar-refractivity contribution in [2.45, 2.75) is 71.9 Å². The molecule has 1 unspecified atom stereocenters. The third-order valence-electron chi connectivity index (χ3n) is 6.92. The van der Waals surface area contributed by atoms with Crippen LogP contribution in [-0.2, 0) is 20.7 Å². The fourth-order valence-corrected chi connectivity index (χ4v) is 4.71. The zero-order valence-corrected chi connectivity index (χ0v) is 24.9. The van der Waals surface area contributed by atoms with Crippen LogP contribution in [0.2, 0.25) is 0 Å². The van der Waals surface area contributed by atoms with Crippen LogP contribution in [0, 0.1) is 17.2 Å². The average molecular weight is 557 g/mol. The van der Waals surface area contributed by atoms with Crippen molar-refractivity contribution in [3.63, 3.8) is 0 Å². The minimum atomic E-state index is -0.932. The van der Waals surface area contributed by atoms with E-state index in [-0.39, 0.29) is 18.4 Å². The fraction of sp³-hybridized carbons (Fsp3) is 0.667. The SMILES string of the molecule is CC.CCOC(=O)NC(=NC(CC(C)C)C(=O)NC1(C#N)CCN(CCc2ccccc2)CC1)N1CCOCC1. The van der Waals surface area contributed by atoms with E-state index in [1.165, 1.54) is 5.56 Å². The standard InChI is InChI=1S/C28H42N6O4.C2H6/c1-4-38-27(36)31-26(34-16-18-37-19-17-34)30-24(20-22(2)3)25(35)32-28(21-29)11-14-33(15-12-28)13-10-23-8-6-5-7-9-23;1-2/h5-9,22,24H,4,10-20H2,1-3H3,(H,32,35)(H,30,31,36);1-2H3. The zero-order valence-electron chi connectivity index (χ0n) is 24.9. The Morgan fingerprint density at radius 1 is 1.12 bits per heavy atom. The molecule has 1 aromatic carbocycles. The second-order valence-corrected chi connectivity index (χ2v) is 10.3. The molecule has 2 N–H and O–H groups in total. The van der Waals surface area contributed by atoms with Gasteiger partial charge in [0.25, 0.3) is 0 Å². The smallest absolute Gasteiger partial charge is 0.413 e. The van der Waals surface area contributed by atoms with Crippen LogP contribution < -0.4 is 10.6 Å². The van der Waals surface area contributed by atoms with Crippen LogP contribution in [0.1, 0.15) is 59.4 Å². The number of ether oxygens (including phenoxy) is 2. The first-order chi connectivity index (χ1) is 19.3. The van der Waals surface area contributed by atoms with E-state index in [9.17, 15) is 14.9 Å². The Kier molecular flexibility index (Phi) is 14.5. The number of nitrogens with one attached hydrogen (secondary N) is 2. The maximum atomic E-state index is 13.6. The molecule has 0 aliphatic carbocycles. The van der Waals surface area contributed by atoms with Crippen molar-refractivity contribution in [2.75, 3.05) is 52.5 Å². The van der Waals surface area contributed by atoms with Crippen LogP contribution in [0.5, 0.6) is 0 Å². The summed E-state index contributed by atoms with van der Waals surface area (Å²) in [5.41, 5.74) is 0.360. The van der Waals surface area contributed by atoms with Crippen molar-refractivity contribution in [3.05, 3.63) is 35.9 Å². The van der Waals surface area contributed by atoms with Gasteiger partial charge in [-0.1, -0.05) is 58.0 Å². The van der Waals surface area contributed by atoms with Crippen LogP contribution in [-0.4, -0.2) is 91.9 Å². The van der Waals surface area contributed by atoms with Gasteiger partial charge in [0.2, 0.25) is 11.9 Å². The summed E-state index contributed by atoms with van der Waals surface area (Å²) in [6.07, 6.45) is 1.93. The molecule has 0 aromatic heterocycles. The highest BCUT2D eigenvalue weighted by Crippen LogP contribution is 2.23. The van der Waals surface area contributed by atoms with Gasteiger partial charge in [0.15, 0.2) is 0 Å². The number of benzene rings is 1. The Labute approximate surface area is 240 Å². The molecule has 40 heavy (non-hydrogen) atoms. The van der Waals surface area contributed by atoms with E-state index in [0.29, 0.717) is 51.5 Å². The number of nitriles is 1. The van der Waals surface area contributed by atoms with Gasteiger partial charge in [-0.3, -0.25) is 10.1 Å². The minimum absolute atomic E-state index is 0.181. The van der Waals surface area contributed by atoms with Crippen molar-refractivity contribution in [2.24, 2.45) is 10.9 Å². The molecule has 2 aliphatic heterocycles. The molecule has 1 aromatic rings. The lowest BCUT2D eigenvalue weighted by atomic mass is 9.88. The third-order valence-corrected chi connectivity index (χ3v) is 6.92. The van der Waals surface area contributed by atoms with Gasteiger partial charge in [-0.25, -0.2) is 9.79 Å². The third kappa shape index (κ3) is 10.8. The number of morpholine rings is 1. The lowest BCUT2D eigenvalue weighted by molar-refractivity contribution is -0.124. The molecule has 2 amide bonds. The van der Waals surface area contributed by atoms with Crippen LogP contribution in [0.25, 0.3) is 0 Å². The largest absolute Gasteiger partial charge is 0.450 e. The van der Waals surface area contributed by atoms with E-state index in [4.69, 9.17) is 14.5 Å². The number of hydrogen-bond donors (Lipinski definition) is 2. The molecule has 1 atom stereocenters. The molecule has 10 nitrogen and oxygen atoms in total. The summed E-state index contributed by atoms with van der Waals surface area (Å²) in [6.45, 7) is 14.5. The number of piperidine rings is 1. The van der Waals surface area contributed by atoms with Gasteiger partial charge < -0.3 is 24.6 Å². The number of carbonyl (C=O) groups excluding carboxylic acids is 2.